The van der Waals surface area contributed by atoms with Crippen LogP contribution in [0, 0.1) is 0 Å². The van der Waals surface area contributed by atoms with Crippen molar-refractivity contribution in [3.8, 4) is 22.9 Å². The average Bonchev–Trinajstić information content (AvgIpc) is 3.26. The Hall–Kier alpha value is -2.67. The van der Waals surface area contributed by atoms with E-state index in [0.29, 0.717) is 6.54 Å². The molecule has 0 N–H and O–H groups in total. The van der Waals surface area contributed by atoms with Crippen LogP contribution in [0.2, 0.25) is 0 Å². The first-order valence-electron chi connectivity index (χ1n) is 7.07. The Labute approximate surface area is 136 Å². The standard InChI is InChI=1S/C16H13N3O3S/c1-10(20)15-5-12(7-23-15)16-17-8-18-19(16)6-11-2-3-13-14(4-11)22-9-21-13/h2-5,7-8H,6,9H2,1H3. The smallest absolute Gasteiger partial charge is 0.231 e. The quantitative estimate of drug-likeness (QED) is 0.689. The number of ketones is 1. The molecule has 1 aliphatic heterocycles. The molecule has 0 saturated heterocycles. The van der Waals surface area contributed by atoms with Crippen LogP contribution in [0.5, 0.6) is 11.5 Å². The summed E-state index contributed by atoms with van der Waals surface area (Å²) in [6.45, 7) is 2.39. The molecule has 4 rings (SSSR count). The van der Waals surface area contributed by atoms with Gasteiger partial charge in [-0.25, -0.2) is 9.67 Å². The number of ether oxygens (including phenoxy) is 2. The summed E-state index contributed by atoms with van der Waals surface area (Å²) in [5, 5.41) is 6.22. The highest BCUT2D eigenvalue weighted by molar-refractivity contribution is 7.12. The Kier molecular flexibility index (Phi) is 3.34. The van der Waals surface area contributed by atoms with Gasteiger partial charge < -0.3 is 9.47 Å². The highest BCUT2D eigenvalue weighted by atomic mass is 32.1. The average molecular weight is 327 g/mol. The maximum Gasteiger partial charge on any atom is 0.231 e. The van der Waals surface area contributed by atoms with Gasteiger partial charge in [0.25, 0.3) is 0 Å². The summed E-state index contributed by atoms with van der Waals surface area (Å²) in [5.41, 5.74) is 1.95. The van der Waals surface area contributed by atoms with Crippen LogP contribution in [0.15, 0.2) is 36.0 Å². The van der Waals surface area contributed by atoms with E-state index < -0.39 is 0 Å². The molecular weight excluding hydrogens is 314 g/mol. The van der Waals surface area contributed by atoms with Gasteiger partial charge in [-0.3, -0.25) is 4.79 Å². The maximum absolute atomic E-state index is 11.5. The molecule has 116 valence electrons. The number of carbonyl (C=O) groups excluding carboxylic acids is 1. The first-order valence-corrected chi connectivity index (χ1v) is 7.95. The topological polar surface area (TPSA) is 66.2 Å². The van der Waals surface area contributed by atoms with Crippen molar-refractivity contribution in [3.05, 3.63) is 46.4 Å². The van der Waals surface area contributed by atoms with Crippen molar-refractivity contribution in [1.29, 1.82) is 0 Å². The minimum Gasteiger partial charge on any atom is -0.454 e. The minimum atomic E-state index is 0.0584. The third-order valence-electron chi connectivity index (χ3n) is 3.59. The van der Waals surface area contributed by atoms with Crippen molar-refractivity contribution in [3.63, 3.8) is 0 Å². The highest BCUT2D eigenvalue weighted by Crippen LogP contribution is 2.33. The van der Waals surface area contributed by atoms with Crippen LogP contribution >= 0.6 is 11.3 Å². The predicted molar refractivity (Wildman–Crippen MR) is 85.0 cm³/mol. The summed E-state index contributed by atoms with van der Waals surface area (Å²) in [6, 6.07) is 7.68. The van der Waals surface area contributed by atoms with Gasteiger partial charge in [-0.2, -0.15) is 5.10 Å². The fourth-order valence-electron chi connectivity index (χ4n) is 2.45. The van der Waals surface area contributed by atoms with Gasteiger partial charge in [0.1, 0.15) is 6.33 Å². The summed E-state index contributed by atoms with van der Waals surface area (Å²) >= 11 is 1.42. The van der Waals surface area contributed by atoms with Crippen molar-refractivity contribution in [1.82, 2.24) is 14.8 Å². The molecule has 0 radical (unpaired) electrons. The molecule has 1 aliphatic rings. The zero-order chi connectivity index (χ0) is 15.8. The lowest BCUT2D eigenvalue weighted by atomic mass is 10.2. The van der Waals surface area contributed by atoms with Crippen molar-refractivity contribution >= 4 is 17.1 Å². The third-order valence-corrected chi connectivity index (χ3v) is 4.62. The second-order valence-corrected chi connectivity index (χ2v) is 6.10. The number of aromatic nitrogens is 3. The largest absolute Gasteiger partial charge is 0.454 e. The van der Waals surface area contributed by atoms with E-state index in [0.717, 1.165) is 33.3 Å². The van der Waals surface area contributed by atoms with Crippen LogP contribution in [0.4, 0.5) is 0 Å². The first-order chi connectivity index (χ1) is 11.2. The summed E-state index contributed by atoms with van der Waals surface area (Å²) in [4.78, 5) is 16.5. The van der Waals surface area contributed by atoms with Gasteiger partial charge in [-0.1, -0.05) is 6.07 Å². The molecule has 0 bridgehead atoms. The molecule has 0 saturated carbocycles. The third kappa shape index (κ3) is 2.59. The number of hydrogen-bond acceptors (Lipinski definition) is 6. The SMILES string of the molecule is CC(=O)c1cc(-c2ncnn2Cc2ccc3c(c2)OCO3)cs1. The Bertz CT molecular complexity index is 884. The Balaban J connectivity index is 1.63. The number of nitrogens with zero attached hydrogens (tertiary/aromatic N) is 3. The maximum atomic E-state index is 11.5. The Morgan fingerprint density at radius 3 is 3.00 bits per heavy atom. The van der Waals surface area contributed by atoms with Crippen molar-refractivity contribution < 1.29 is 14.3 Å². The Morgan fingerprint density at radius 2 is 2.17 bits per heavy atom. The van der Waals surface area contributed by atoms with Crippen LogP contribution in [0.1, 0.15) is 22.2 Å². The van der Waals surface area contributed by atoms with E-state index in [4.69, 9.17) is 9.47 Å². The van der Waals surface area contributed by atoms with Crippen LogP contribution in [0.3, 0.4) is 0 Å². The fourth-order valence-corrected chi connectivity index (χ4v) is 3.24. The van der Waals surface area contributed by atoms with Crippen LogP contribution < -0.4 is 9.47 Å². The number of rotatable bonds is 4. The molecule has 0 aliphatic carbocycles. The van der Waals surface area contributed by atoms with E-state index >= 15 is 0 Å². The number of carbonyl (C=O) groups is 1. The van der Waals surface area contributed by atoms with Crippen molar-refractivity contribution in [2.24, 2.45) is 0 Å². The van der Waals surface area contributed by atoms with E-state index in [9.17, 15) is 4.79 Å². The van der Waals surface area contributed by atoms with Crippen LogP contribution in [0.25, 0.3) is 11.4 Å². The lowest BCUT2D eigenvalue weighted by Gasteiger charge is -2.06. The number of thiophene rings is 1. The second-order valence-electron chi connectivity index (χ2n) is 5.18. The molecule has 7 heteroatoms. The molecular formula is C16H13N3O3S. The summed E-state index contributed by atoms with van der Waals surface area (Å²) < 4.78 is 12.5. The molecule has 0 unspecified atom stereocenters. The molecule has 3 aromatic rings. The summed E-state index contributed by atoms with van der Waals surface area (Å²) in [5.74, 6) is 2.31. The summed E-state index contributed by atoms with van der Waals surface area (Å²) in [7, 11) is 0. The second kappa shape index (κ2) is 5.51. The first kappa shape index (κ1) is 14.0. The van der Waals surface area contributed by atoms with Crippen LogP contribution in [-0.4, -0.2) is 27.3 Å². The van der Waals surface area contributed by atoms with E-state index in [1.165, 1.54) is 17.7 Å². The molecule has 1 aromatic carbocycles. The Morgan fingerprint density at radius 1 is 1.30 bits per heavy atom. The van der Waals surface area contributed by atoms with Crippen molar-refractivity contribution in [2.45, 2.75) is 13.5 Å². The van der Waals surface area contributed by atoms with Gasteiger partial charge in [0, 0.05) is 10.9 Å². The van der Waals surface area contributed by atoms with Gasteiger partial charge >= 0.3 is 0 Å². The minimum absolute atomic E-state index is 0.0584. The van der Waals surface area contributed by atoms with Gasteiger partial charge in [0.2, 0.25) is 6.79 Å². The molecule has 0 atom stereocenters. The zero-order valence-electron chi connectivity index (χ0n) is 12.4. The zero-order valence-corrected chi connectivity index (χ0v) is 13.2. The van der Waals surface area contributed by atoms with Gasteiger partial charge in [0.05, 0.1) is 11.4 Å². The van der Waals surface area contributed by atoms with E-state index in [1.807, 2.05) is 34.3 Å². The van der Waals surface area contributed by atoms with Gasteiger partial charge in [-0.15, -0.1) is 11.3 Å². The molecule has 3 heterocycles. The monoisotopic (exact) mass is 327 g/mol. The van der Waals surface area contributed by atoms with Gasteiger partial charge in [-0.05, 0) is 30.7 Å². The van der Waals surface area contributed by atoms with Crippen LogP contribution in [-0.2, 0) is 6.54 Å². The van der Waals surface area contributed by atoms with Gasteiger partial charge in [0.15, 0.2) is 23.1 Å². The molecule has 0 spiro atoms. The lowest BCUT2D eigenvalue weighted by molar-refractivity contribution is 0.102. The van der Waals surface area contributed by atoms with Crippen molar-refractivity contribution in [2.75, 3.05) is 6.79 Å². The van der Waals surface area contributed by atoms with E-state index in [2.05, 4.69) is 10.1 Å². The number of Topliss-reactive ketones (excluding diaryl/α,β-unsaturated/α-hetero) is 1. The van der Waals surface area contributed by atoms with E-state index in [-0.39, 0.29) is 12.6 Å². The number of hydrogen-bond donors (Lipinski definition) is 0. The molecule has 6 nitrogen and oxygen atoms in total. The molecule has 0 fully saturated rings. The molecule has 2 aromatic heterocycles. The summed E-state index contributed by atoms with van der Waals surface area (Å²) in [6.07, 6.45) is 1.52. The highest BCUT2D eigenvalue weighted by Gasteiger charge is 2.15. The molecule has 0 amide bonds. The number of fused-ring (bicyclic) bond motifs is 1. The lowest BCUT2D eigenvalue weighted by Crippen LogP contribution is -2.03. The van der Waals surface area contributed by atoms with E-state index in [1.54, 1.807) is 6.92 Å². The fraction of sp³-hybridized carbons (Fsp3) is 0.188. The number of benzene rings is 1. The predicted octanol–water partition coefficient (Wildman–Crippen LogP) is 2.99. The normalized spacial score (nSPS) is 12.6. The molecule has 23 heavy (non-hydrogen) atoms.